The number of sulfone groups is 1. The van der Waals surface area contributed by atoms with Crippen LogP contribution in [0.3, 0.4) is 0 Å². The topological polar surface area (TPSA) is 65.0 Å². The number of guanidine groups is 1. The zero-order valence-electron chi connectivity index (χ0n) is 17.7. The molecule has 1 aromatic rings. The van der Waals surface area contributed by atoms with E-state index in [0.29, 0.717) is 19.6 Å². The predicted octanol–water partition coefficient (Wildman–Crippen LogP) is 2.60. The number of hydrogen-bond donors (Lipinski definition) is 1. The van der Waals surface area contributed by atoms with Crippen molar-refractivity contribution in [3.05, 3.63) is 35.9 Å². The van der Waals surface area contributed by atoms with Crippen molar-refractivity contribution in [3.63, 3.8) is 0 Å². The molecule has 0 bridgehead atoms. The van der Waals surface area contributed by atoms with Crippen molar-refractivity contribution >= 4 is 39.8 Å². The van der Waals surface area contributed by atoms with Gasteiger partial charge in [0.25, 0.3) is 0 Å². The zero-order valence-corrected chi connectivity index (χ0v) is 20.8. The number of nitrogens with one attached hydrogen (secondary N) is 1. The Kier molecular flexibility index (Phi) is 9.69. The first-order valence-electron chi connectivity index (χ1n) is 9.66. The third-order valence-electron chi connectivity index (χ3n) is 5.21. The van der Waals surface area contributed by atoms with Crippen molar-refractivity contribution in [2.75, 3.05) is 39.0 Å². The second kappa shape index (κ2) is 10.8. The van der Waals surface area contributed by atoms with Crippen LogP contribution in [0, 0.1) is 0 Å². The summed E-state index contributed by atoms with van der Waals surface area (Å²) in [6.07, 6.45) is 0. The number of halogens is 1. The molecule has 1 unspecified atom stereocenters. The number of aliphatic imine (C=N–C) groups is 1. The summed E-state index contributed by atoms with van der Waals surface area (Å²) in [5, 5.41) is 3.32. The summed E-state index contributed by atoms with van der Waals surface area (Å²) in [5.74, 6) is 0.980. The van der Waals surface area contributed by atoms with Crippen LogP contribution in [0.4, 0.5) is 0 Å². The van der Waals surface area contributed by atoms with Gasteiger partial charge in [-0.05, 0) is 40.3 Å². The highest BCUT2D eigenvalue weighted by molar-refractivity contribution is 14.0. The van der Waals surface area contributed by atoms with E-state index in [0.717, 1.165) is 19.0 Å². The van der Waals surface area contributed by atoms with Crippen LogP contribution in [0.15, 0.2) is 35.3 Å². The van der Waals surface area contributed by atoms with Gasteiger partial charge in [-0.25, -0.2) is 8.42 Å². The summed E-state index contributed by atoms with van der Waals surface area (Å²) in [7, 11) is -0.947. The number of likely N-dealkylation sites (N-methyl/N-ethyl adjacent to an activating group) is 1. The second-order valence-corrected chi connectivity index (χ2v) is 10.7. The maximum absolute atomic E-state index is 12.3. The monoisotopic (exact) mass is 522 g/mol. The van der Waals surface area contributed by atoms with E-state index in [4.69, 9.17) is 4.99 Å². The Labute approximate surface area is 187 Å². The molecule has 0 saturated carbocycles. The highest BCUT2D eigenvalue weighted by Crippen LogP contribution is 2.23. The molecule has 0 radical (unpaired) electrons. The van der Waals surface area contributed by atoms with Crippen molar-refractivity contribution in [1.29, 1.82) is 0 Å². The van der Waals surface area contributed by atoms with Gasteiger partial charge in [-0.1, -0.05) is 30.3 Å². The Bertz CT molecular complexity index is 738. The van der Waals surface area contributed by atoms with Crippen molar-refractivity contribution in [2.45, 2.75) is 45.0 Å². The first kappa shape index (κ1) is 25.2. The molecule has 28 heavy (non-hydrogen) atoms. The third-order valence-corrected chi connectivity index (χ3v) is 7.74. The summed E-state index contributed by atoms with van der Waals surface area (Å²) in [5.41, 5.74) is 1.28. The van der Waals surface area contributed by atoms with Gasteiger partial charge in [0.2, 0.25) is 0 Å². The lowest BCUT2D eigenvalue weighted by Crippen LogP contribution is -2.57. The predicted molar refractivity (Wildman–Crippen MR) is 128 cm³/mol. The van der Waals surface area contributed by atoms with Crippen molar-refractivity contribution in [2.24, 2.45) is 4.99 Å². The number of benzene rings is 1. The number of nitrogens with zero attached hydrogens (tertiary/aromatic N) is 3. The molecule has 0 aliphatic carbocycles. The molecule has 1 heterocycles. The first-order valence-corrected chi connectivity index (χ1v) is 11.3. The van der Waals surface area contributed by atoms with E-state index in [-0.39, 0.29) is 35.8 Å². The average Bonchev–Trinajstić information content (AvgIpc) is 2.61. The molecule has 0 amide bonds. The van der Waals surface area contributed by atoms with Gasteiger partial charge < -0.3 is 10.2 Å². The summed E-state index contributed by atoms with van der Waals surface area (Å²) < 4.78 is 23.8. The number of hydrogen-bond acceptors (Lipinski definition) is 4. The van der Waals surface area contributed by atoms with Gasteiger partial charge in [0.15, 0.2) is 15.8 Å². The molecule has 8 heteroatoms. The van der Waals surface area contributed by atoms with Crippen LogP contribution in [-0.4, -0.2) is 73.9 Å². The molecule has 2 rings (SSSR count). The van der Waals surface area contributed by atoms with E-state index in [1.165, 1.54) is 5.56 Å². The lowest BCUT2D eigenvalue weighted by molar-refractivity contribution is 0.254. The Morgan fingerprint density at radius 3 is 2.54 bits per heavy atom. The van der Waals surface area contributed by atoms with E-state index >= 15 is 0 Å². The Hall–Kier alpha value is -0.870. The molecule has 160 valence electrons. The zero-order chi connectivity index (χ0) is 20.1. The first-order chi connectivity index (χ1) is 12.7. The fourth-order valence-corrected chi connectivity index (χ4v) is 4.50. The quantitative estimate of drug-likeness (QED) is 0.354. The van der Waals surface area contributed by atoms with Crippen LogP contribution in [-0.2, 0) is 16.4 Å². The molecule has 6 nitrogen and oxygen atoms in total. The molecule has 1 aliphatic rings. The van der Waals surface area contributed by atoms with Gasteiger partial charge in [0, 0.05) is 32.2 Å². The second-order valence-electron chi connectivity index (χ2n) is 7.94. The van der Waals surface area contributed by atoms with Crippen molar-refractivity contribution in [1.82, 2.24) is 15.1 Å². The Morgan fingerprint density at radius 1 is 1.32 bits per heavy atom. The van der Waals surface area contributed by atoms with Crippen LogP contribution in [0.25, 0.3) is 0 Å². The van der Waals surface area contributed by atoms with Gasteiger partial charge in [-0.2, -0.15) is 0 Å². The maximum Gasteiger partial charge on any atom is 0.194 e. The Balaban J connectivity index is 0.00000392. The van der Waals surface area contributed by atoms with E-state index in [2.05, 4.69) is 53.4 Å². The molecule has 1 aromatic carbocycles. The van der Waals surface area contributed by atoms with Crippen LogP contribution in [0.2, 0.25) is 0 Å². The molecular formula is C20H35IN4O2S. The van der Waals surface area contributed by atoms with Gasteiger partial charge in [-0.3, -0.25) is 9.89 Å². The minimum absolute atomic E-state index is 0. The highest BCUT2D eigenvalue weighted by Gasteiger charge is 2.40. The normalized spacial score (nSPS) is 19.8. The van der Waals surface area contributed by atoms with Gasteiger partial charge >= 0.3 is 0 Å². The molecule has 1 saturated heterocycles. The summed E-state index contributed by atoms with van der Waals surface area (Å²) in [6.45, 7) is 11.1. The third kappa shape index (κ3) is 6.59. The number of rotatable bonds is 6. The van der Waals surface area contributed by atoms with Gasteiger partial charge in [-0.15, -0.1) is 24.0 Å². The standard InChI is InChI=1S/C20H34N4O2S.HI/c1-6-21-19(24-12-13-27(25,26)20(3,4)16-24)22-14-17(2)23(5)15-18-10-8-7-9-11-18;/h7-11,17H,6,12-16H2,1-5H3,(H,21,22);1H. The van der Waals surface area contributed by atoms with Crippen LogP contribution in [0.5, 0.6) is 0 Å². The van der Waals surface area contributed by atoms with Gasteiger partial charge in [0.05, 0.1) is 17.0 Å². The van der Waals surface area contributed by atoms with E-state index in [1.807, 2.05) is 13.0 Å². The Morgan fingerprint density at radius 2 is 1.96 bits per heavy atom. The van der Waals surface area contributed by atoms with Crippen molar-refractivity contribution in [3.8, 4) is 0 Å². The molecule has 1 N–H and O–H groups in total. The lowest BCUT2D eigenvalue weighted by atomic mass is 10.2. The van der Waals surface area contributed by atoms with E-state index in [1.54, 1.807) is 13.8 Å². The summed E-state index contributed by atoms with van der Waals surface area (Å²) in [4.78, 5) is 9.17. The summed E-state index contributed by atoms with van der Waals surface area (Å²) >= 11 is 0. The largest absolute Gasteiger partial charge is 0.357 e. The fourth-order valence-electron chi connectivity index (χ4n) is 3.14. The van der Waals surface area contributed by atoms with Crippen molar-refractivity contribution < 1.29 is 8.42 Å². The maximum atomic E-state index is 12.3. The van der Waals surface area contributed by atoms with Crippen LogP contribution in [0.1, 0.15) is 33.3 Å². The molecule has 1 atom stereocenters. The lowest BCUT2D eigenvalue weighted by Gasteiger charge is -2.39. The van der Waals surface area contributed by atoms with E-state index in [9.17, 15) is 8.42 Å². The van der Waals surface area contributed by atoms with Crippen LogP contribution < -0.4 is 5.32 Å². The van der Waals surface area contributed by atoms with Gasteiger partial charge in [0.1, 0.15) is 0 Å². The fraction of sp³-hybridized carbons (Fsp3) is 0.650. The average molecular weight is 522 g/mol. The SMILES string of the molecule is CCNC(=NCC(C)N(C)Cc1ccccc1)N1CCS(=O)(=O)C(C)(C)C1.I. The molecule has 0 aromatic heterocycles. The molecular weight excluding hydrogens is 487 g/mol. The van der Waals surface area contributed by atoms with Crippen LogP contribution >= 0.6 is 24.0 Å². The molecule has 1 aliphatic heterocycles. The smallest absolute Gasteiger partial charge is 0.194 e. The molecule has 1 fully saturated rings. The minimum Gasteiger partial charge on any atom is -0.357 e. The summed E-state index contributed by atoms with van der Waals surface area (Å²) in [6, 6.07) is 10.7. The van der Waals surface area contributed by atoms with E-state index < -0.39 is 14.6 Å². The minimum atomic E-state index is -3.05. The molecule has 0 spiro atoms. The highest BCUT2D eigenvalue weighted by atomic mass is 127.